The third kappa shape index (κ3) is 6.09. The van der Waals surface area contributed by atoms with Gasteiger partial charge >= 0.3 is 0 Å². The minimum atomic E-state index is -3.87. The summed E-state index contributed by atoms with van der Waals surface area (Å²) in [4.78, 5) is -0.405. The van der Waals surface area contributed by atoms with Crippen molar-refractivity contribution in [2.24, 2.45) is 0 Å². The van der Waals surface area contributed by atoms with E-state index < -0.39 is 20.7 Å². The monoisotopic (exact) mass is 319 g/mol. The summed E-state index contributed by atoms with van der Waals surface area (Å²) < 4.78 is 45.3. The van der Waals surface area contributed by atoms with Gasteiger partial charge in [0, 0.05) is 13.2 Å². The van der Waals surface area contributed by atoms with E-state index in [1.165, 1.54) is 6.07 Å². The molecule has 1 rings (SSSR count). The quantitative estimate of drug-likeness (QED) is 0.681. The van der Waals surface area contributed by atoms with Crippen LogP contribution >= 0.6 is 0 Å². The maximum Gasteiger partial charge on any atom is 0.243 e. The van der Waals surface area contributed by atoms with Crippen LogP contribution in [-0.2, 0) is 21.4 Å². The van der Waals surface area contributed by atoms with Gasteiger partial charge in [-0.25, -0.2) is 17.5 Å². The summed E-state index contributed by atoms with van der Waals surface area (Å²) in [6.07, 6.45) is 1.50. The van der Waals surface area contributed by atoms with Crippen molar-refractivity contribution < 1.29 is 22.7 Å². The van der Waals surface area contributed by atoms with E-state index in [-0.39, 0.29) is 19.3 Å². The van der Waals surface area contributed by atoms with Crippen LogP contribution in [0, 0.1) is 5.82 Å². The van der Waals surface area contributed by atoms with Crippen LogP contribution < -0.4 is 4.72 Å². The molecule has 21 heavy (non-hydrogen) atoms. The van der Waals surface area contributed by atoms with Gasteiger partial charge in [-0.1, -0.05) is 6.07 Å². The van der Waals surface area contributed by atoms with E-state index in [0.29, 0.717) is 18.6 Å². The maximum absolute atomic E-state index is 13.7. The third-order valence-corrected chi connectivity index (χ3v) is 4.28. The molecule has 0 atom stereocenters. The zero-order valence-electron chi connectivity index (χ0n) is 12.3. The molecule has 120 valence electrons. The largest absolute Gasteiger partial charge is 0.392 e. The molecule has 0 saturated carbocycles. The number of unbranched alkanes of at least 4 members (excludes halogenated alkanes) is 1. The standard InChI is InChI=1S/C14H22FNO4S/c1-11(2)20-8-4-3-7-16-21(18,19)14-6-5-12(10-17)9-13(14)15/h5-6,9,11,16-17H,3-4,7-8,10H2,1-2H3. The molecule has 0 heterocycles. The third-order valence-electron chi connectivity index (χ3n) is 2.78. The SMILES string of the molecule is CC(C)OCCCCNS(=O)(=O)c1ccc(CO)cc1F. The van der Waals surface area contributed by atoms with E-state index in [1.54, 1.807) is 0 Å². The lowest BCUT2D eigenvalue weighted by Crippen LogP contribution is -2.26. The number of aliphatic hydroxyl groups is 1. The van der Waals surface area contributed by atoms with Crippen molar-refractivity contribution in [3.05, 3.63) is 29.6 Å². The number of aliphatic hydroxyl groups excluding tert-OH is 1. The molecular weight excluding hydrogens is 297 g/mol. The highest BCUT2D eigenvalue weighted by Gasteiger charge is 2.18. The molecule has 0 amide bonds. The van der Waals surface area contributed by atoms with Gasteiger partial charge in [0.05, 0.1) is 12.7 Å². The summed E-state index contributed by atoms with van der Waals surface area (Å²) in [5.41, 5.74) is 0.331. The van der Waals surface area contributed by atoms with Crippen molar-refractivity contribution in [2.45, 2.75) is 44.3 Å². The second kappa shape index (κ2) is 8.43. The Morgan fingerprint density at radius 2 is 2.05 bits per heavy atom. The fourth-order valence-corrected chi connectivity index (χ4v) is 2.82. The minimum absolute atomic E-state index is 0.154. The molecule has 5 nitrogen and oxygen atoms in total. The summed E-state index contributed by atoms with van der Waals surface area (Å²) >= 11 is 0. The molecule has 2 N–H and O–H groups in total. The van der Waals surface area contributed by atoms with Crippen LogP contribution in [0.2, 0.25) is 0 Å². The van der Waals surface area contributed by atoms with Gasteiger partial charge < -0.3 is 9.84 Å². The van der Waals surface area contributed by atoms with Crippen molar-refractivity contribution in [2.75, 3.05) is 13.2 Å². The van der Waals surface area contributed by atoms with Gasteiger partial charge in [-0.15, -0.1) is 0 Å². The molecule has 0 unspecified atom stereocenters. The number of nitrogens with one attached hydrogen (secondary N) is 1. The normalized spacial score (nSPS) is 12.0. The smallest absolute Gasteiger partial charge is 0.243 e. The van der Waals surface area contributed by atoms with Gasteiger partial charge in [0.1, 0.15) is 10.7 Å². The van der Waals surface area contributed by atoms with Crippen molar-refractivity contribution in [1.29, 1.82) is 0 Å². The van der Waals surface area contributed by atoms with Crippen molar-refractivity contribution in [1.82, 2.24) is 4.72 Å². The lowest BCUT2D eigenvalue weighted by Gasteiger charge is -2.09. The number of benzene rings is 1. The Kier molecular flexibility index (Phi) is 7.24. The average molecular weight is 319 g/mol. The summed E-state index contributed by atoms with van der Waals surface area (Å²) in [5.74, 6) is -0.864. The molecule has 1 aromatic carbocycles. The van der Waals surface area contributed by atoms with Crippen molar-refractivity contribution in [3.63, 3.8) is 0 Å². The first-order valence-electron chi connectivity index (χ1n) is 6.87. The van der Waals surface area contributed by atoms with Crippen LogP contribution in [0.15, 0.2) is 23.1 Å². The predicted octanol–water partition coefficient (Wildman–Crippen LogP) is 1.80. The molecule has 0 aliphatic heterocycles. The molecular formula is C14H22FNO4S. The average Bonchev–Trinajstić information content (AvgIpc) is 2.41. The zero-order chi connectivity index (χ0) is 15.9. The second-order valence-corrected chi connectivity index (χ2v) is 6.68. The van der Waals surface area contributed by atoms with Crippen LogP contribution in [0.1, 0.15) is 32.3 Å². The highest BCUT2D eigenvalue weighted by atomic mass is 32.2. The molecule has 0 spiro atoms. The Morgan fingerprint density at radius 1 is 1.33 bits per heavy atom. The summed E-state index contributed by atoms with van der Waals surface area (Å²) in [6, 6.07) is 3.56. The first-order chi connectivity index (χ1) is 9.86. The van der Waals surface area contributed by atoms with E-state index in [0.717, 1.165) is 18.6 Å². The molecule has 1 aromatic rings. The van der Waals surface area contributed by atoms with Crippen LogP contribution in [0.5, 0.6) is 0 Å². The number of hydrogen-bond donors (Lipinski definition) is 2. The molecule has 0 aliphatic rings. The fourth-order valence-electron chi connectivity index (χ4n) is 1.69. The van der Waals surface area contributed by atoms with Crippen LogP contribution in [0.25, 0.3) is 0 Å². The molecule has 7 heteroatoms. The van der Waals surface area contributed by atoms with Gasteiger partial charge in [-0.2, -0.15) is 0 Å². The van der Waals surface area contributed by atoms with E-state index in [9.17, 15) is 12.8 Å². The van der Waals surface area contributed by atoms with Crippen molar-refractivity contribution >= 4 is 10.0 Å². The Bertz CT molecular complexity index is 546. The summed E-state index contributed by atoms with van der Waals surface area (Å²) in [6.45, 7) is 4.33. The van der Waals surface area contributed by atoms with Crippen LogP contribution in [-0.4, -0.2) is 32.8 Å². The van der Waals surface area contributed by atoms with Crippen molar-refractivity contribution in [3.8, 4) is 0 Å². The zero-order valence-corrected chi connectivity index (χ0v) is 13.1. The van der Waals surface area contributed by atoms with Crippen LogP contribution in [0.4, 0.5) is 4.39 Å². The fraction of sp³-hybridized carbons (Fsp3) is 0.571. The van der Waals surface area contributed by atoms with Crippen LogP contribution in [0.3, 0.4) is 0 Å². The molecule has 0 aliphatic carbocycles. The highest BCUT2D eigenvalue weighted by Crippen LogP contribution is 2.16. The van der Waals surface area contributed by atoms with Gasteiger partial charge in [-0.3, -0.25) is 0 Å². The van der Waals surface area contributed by atoms with Gasteiger partial charge in [0.15, 0.2) is 0 Å². The van der Waals surface area contributed by atoms with E-state index in [1.807, 2.05) is 13.8 Å². The molecule has 0 bridgehead atoms. The Hall–Kier alpha value is -1.02. The minimum Gasteiger partial charge on any atom is -0.392 e. The second-order valence-electron chi connectivity index (χ2n) is 4.95. The van der Waals surface area contributed by atoms with Gasteiger partial charge in [-0.05, 0) is 44.4 Å². The Morgan fingerprint density at radius 3 is 2.62 bits per heavy atom. The number of ether oxygens (including phenoxy) is 1. The van der Waals surface area contributed by atoms with E-state index in [4.69, 9.17) is 9.84 Å². The molecule has 0 fully saturated rings. The Balaban J connectivity index is 2.50. The lowest BCUT2D eigenvalue weighted by molar-refractivity contribution is 0.0762. The number of sulfonamides is 1. The highest BCUT2D eigenvalue weighted by molar-refractivity contribution is 7.89. The first kappa shape index (κ1) is 18.0. The Labute approximate surface area is 125 Å². The lowest BCUT2D eigenvalue weighted by atomic mass is 10.2. The first-order valence-corrected chi connectivity index (χ1v) is 8.35. The molecule has 0 radical (unpaired) electrons. The number of hydrogen-bond acceptors (Lipinski definition) is 4. The van der Waals surface area contributed by atoms with Gasteiger partial charge in [0.2, 0.25) is 10.0 Å². The summed E-state index contributed by atoms with van der Waals surface area (Å²) in [5, 5.41) is 8.87. The predicted molar refractivity (Wildman–Crippen MR) is 77.8 cm³/mol. The van der Waals surface area contributed by atoms with E-state index >= 15 is 0 Å². The topological polar surface area (TPSA) is 75.6 Å². The van der Waals surface area contributed by atoms with Gasteiger partial charge in [0.25, 0.3) is 0 Å². The van der Waals surface area contributed by atoms with E-state index in [2.05, 4.69) is 4.72 Å². The molecule has 0 saturated heterocycles. The number of halogens is 1. The molecule has 0 aromatic heterocycles. The number of rotatable bonds is 9. The summed E-state index contributed by atoms with van der Waals surface area (Å²) in [7, 11) is -3.87. The maximum atomic E-state index is 13.7.